The molecular weight excluding hydrogens is 616 g/mol. The number of hydrogen-bond acceptors (Lipinski definition) is 9. The van der Waals surface area contributed by atoms with E-state index < -0.39 is 23.6 Å². The van der Waals surface area contributed by atoms with Gasteiger partial charge in [-0.05, 0) is 49.9 Å². The molecular formula is C33H36ClF2N7O3. The number of benzene rings is 1. The molecule has 2 bridgehead atoms. The van der Waals surface area contributed by atoms with E-state index in [0.29, 0.717) is 54.4 Å². The molecule has 46 heavy (non-hydrogen) atoms. The Labute approximate surface area is 270 Å². The molecule has 3 aromatic rings. The maximum atomic E-state index is 16.8. The molecule has 13 heteroatoms. The number of piperazine rings is 1. The molecule has 4 saturated heterocycles. The van der Waals surface area contributed by atoms with E-state index in [1.54, 1.807) is 23.2 Å². The third-order valence-corrected chi connectivity index (χ3v) is 10.8. The van der Waals surface area contributed by atoms with Crippen LogP contribution in [0.25, 0.3) is 10.9 Å². The van der Waals surface area contributed by atoms with E-state index in [-0.39, 0.29) is 48.5 Å². The van der Waals surface area contributed by atoms with Crippen molar-refractivity contribution < 1.29 is 23.4 Å². The van der Waals surface area contributed by atoms with Crippen LogP contribution >= 0.6 is 11.6 Å². The molecule has 5 aliphatic rings. The molecule has 0 radical (unpaired) electrons. The van der Waals surface area contributed by atoms with Gasteiger partial charge in [0.1, 0.15) is 24.1 Å². The Balaban J connectivity index is 1.21. The number of alkyl halides is 1. The minimum atomic E-state index is -0.914. The monoisotopic (exact) mass is 651 g/mol. The number of ether oxygens (including phenoxy) is 1. The maximum Gasteiger partial charge on any atom is 0.319 e. The van der Waals surface area contributed by atoms with Crippen LogP contribution in [0.3, 0.4) is 0 Å². The van der Waals surface area contributed by atoms with Gasteiger partial charge in [0.2, 0.25) is 5.91 Å². The topological polar surface area (TPSA) is 98.2 Å². The van der Waals surface area contributed by atoms with E-state index in [0.717, 1.165) is 37.8 Å². The van der Waals surface area contributed by atoms with Crippen LogP contribution in [0.2, 0.25) is 5.02 Å². The molecule has 1 amide bonds. The Morgan fingerprint density at radius 1 is 1.17 bits per heavy atom. The summed E-state index contributed by atoms with van der Waals surface area (Å²) in [5.41, 5.74) is 1.00. The number of hydrogen-bond donors (Lipinski definition) is 1. The van der Waals surface area contributed by atoms with E-state index in [1.165, 1.54) is 6.08 Å². The first-order valence-corrected chi connectivity index (χ1v) is 16.4. The molecule has 5 atom stereocenters. The largest absolute Gasteiger partial charge is 0.461 e. The summed E-state index contributed by atoms with van der Waals surface area (Å²) in [6, 6.07) is 5.35. The predicted molar refractivity (Wildman–Crippen MR) is 170 cm³/mol. The number of fused-ring (bicyclic) bond motifs is 5. The lowest BCUT2D eigenvalue weighted by Crippen LogP contribution is -2.55. The first-order chi connectivity index (χ1) is 22.2. The van der Waals surface area contributed by atoms with E-state index in [2.05, 4.69) is 26.3 Å². The van der Waals surface area contributed by atoms with Crippen LogP contribution in [0.1, 0.15) is 37.7 Å². The summed E-state index contributed by atoms with van der Waals surface area (Å²) in [5, 5.41) is 11.5. The second-order valence-corrected chi connectivity index (χ2v) is 13.7. The highest BCUT2D eigenvalue weighted by Crippen LogP contribution is 2.43. The van der Waals surface area contributed by atoms with Crippen LogP contribution in [-0.2, 0) is 11.2 Å². The molecule has 5 aliphatic heterocycles. The number of pyridine rings is 1. The van der Waals surface area contributed by atoms with E-state index in [1.807, 2.05) is 11.0 Å². The van der Waals surface area contributed by atoms with Gasteiger partial charge in [-0.1, -0.05) is 30.3 Å². The first-order valence-electron chi connectivity index (χ1n) is 16.1. The molecule has 0 saturated carbocycles. The quantitative estimate of drug-likeness (QED) is 0.394. The highest BCUT2D eigenvalue weighted by atomic mass is 35.5. The molecule has 10 nitrogen and oxygen atoms in total. The third-order valence-electron chi connectivity index (χ3n) is 10.5. The second kappa shape index (κ2) is 11.3. The minimum absolute atomic E-state index is 0.00528. The zero-order chi connectivity index (χ0) is 31.7. The molecule has 0 spiro atoms. The fourth-order valence-electron chi connectivity index (χ4n) is 8.53. The Kier molecular flexibility index (Phi) is 7.30. The summed E-state index contributed by atoms with van der Waals surface area (Å²) < 4.78 is 37.6. The van der Waals surface area contributed by atoms with Gasteiger partial charge in [0.15, 0.2) is 11.6 Å². The average Bonchev–Trinajstić information content (AvgIpc) is 3.66. The summed E-state index contributed by atoms with van der Waals surface area (Å²) in [6.07, 6.45) is 5.52. The van der Waals surface area contributed by atoms with Crippen molar-refractivity contribution in [2.24, 2.45) is 0 Å². The van der Waals surface area contributed by atoms with Crippen molar-refractivity contribution in [3.63, 3.8) is 0 Å². The van der Waals surface area contributed by atoms with E-state index >= 15 is 4.39 Å². The number of amides is 1. The van der Waals surface area contributed by atoms with Crippen LogP contribution in [0.5, 0.6) is 6.01 Å². The van der Waals surface area contributed by atoms with Gasteiger partial charge in [-0.15, -0.1) is 0 Å². The number of halogens is 3. The number of para-hydroxylation sites is 1. The van der Waals surface area contributed by atoms with Crippen molar-refractivity contribution in [1.29, 1.82) is 0 Å². The summed E-state index contributed by atoms with van der Waals surface area (Å²) in [6.45, 7) is 6.21. The van der Waals surface area contributed by atoms with Gasteiger partial charge in [0.25, 0.3) is 0 Å². The molecule has 3 unspecified atom stereocenters. The van der Waals surface area contributed by atoms with Crippen molar-refractivity contribution in [2.75, 3.05) is 49.1 Å². The SMILES string of the molecule is C=CC(=O)N1C2CCC1CN(c1nc(OC[C@@]34CCCN3C[C@H](F)C4)nc3c(F)c(N4CC(O)Cc5cccc(Cl)c54)ncc13)C2. The first kappa shape index (κ1) is 29.8. The van der Waals surface area contributed by atoms with Crippen LogP contribution in [0, 0.1) is 5.82 Å². The molecule has 4 fully saturated rings. The number of nitrogens with zero attached hydrogens (tertiary/aromatic N) is 7. The lowest BCUT2D eigenvalue weighted by atomic mass is 9.95. The van der Waals surface area contributed by atoms with Gasteiger partial charge in [-0.25, -0.2) is 13.8 Å². The van der Waals surface area contributed by atoms with Crippen LogP contribution in [-0.4, -0.2) is 105 Å². The van der Waals surface area contributed by atoms with Crippen molar-refractivity contribution in [3.8, 4) is 6.01 Å². The van der Waals surface area contributed by atoms with Crippen LogP contribution in [0.4, 0.5) is 26.1 Å². The number of carbonyl (C=O) groups excluding carboxylic acids is 1. The summed E-state index contributed by atoms with van der Waals surface area (Å²) in [7, 11) is 0. The zero-order valence-corrected chi connectivity index (χ0v) is 26.2. The van der Waals surface area contributed by atoms with E-state index in [9.17, 15) is 14.3 Å². The van der Waals surface area contributed by atoms with Crippen molar-refractivity contribution in [3.05, 3.63) is 53.5 Å². The van der Waals surface area contributed by atoms with Gasteiger partial charge < -0.3 is 24.5 Å². The number of β-amino-alcohol motifs (C(OH)–C–C–N with tert-alkyl or cyclic N) is 1. The number of aliphatic hydroxyl groups is 1. The Morgan fingerprint density at radius 3 is 2.76 bits per heavy atom. The van der Waals surface area contributed by atoms with E-state index in [4.69, 9.17) is 21.3 Å². The normalized spacial score (nSPS) is 28.9. The van der Waals surface area contributed by atoms with Crippen LogP contribution < -0.4 is 14.5 Å². The molecule has 0 aliphatic carbocycles. The lowest BCUT2D eigenvalue weighted by Gasteiger charge is -2.41. The standard InChI is InChI=1S/C33H36ClF2N7O3/c1-2-26(45)43-21-7-8-22(43)16-40(15-21)30-24-13-37-31(42-17-23(44)11-19-5-3-6-25(34)29(19)42)27(36)28(24)38-32(39-30)46-18-33-9-4-10-41(33)14-20(35)12-33/h2-3,5-6,13,20-23,44H,1,4,7-12,14-18H2/t20-,21?,22?,23?,33+/m1/s1. The fraction of sp³-hybridized carbons (Fsp3) is 0.515. The molecule has 8 rings (SSSR count). The lowest BCUT2D eigenvalue weighted by molar-refractivity contribution is -0.129. The number of anilines is 3. The van der Waals surface area contributed by atoms with Crippen molar-refractivity contribution in [1.82, 2.24) is 24.8 Å². The molecule has 7 heterocycles. The summed E-state index contributed by atoms with van der Waals surface area (Å²) in [5.74, 6) is -0.297. The van der Waals surface area contributed by atoms with Crippen molar-refractivity contribution >= 4 is 45.7 Å². The molecule has 2 aromatic heterocycles. The zero-order valence-electron chi connectivity index (χ0n) is 25.4. The van der Waals surface area contributed by atoms with Crippen LogP contribution in [0.15, 0.2) is 37.1 Å². The highest BCUT2D eigenvalue weighted by Gasteiger charge is 2.49. The predicted octanol–water partition coefficient (Wildman–Crippen LogP) is 4.19. The molecule has 1 aromatic carbocycles. The highest BCUT2D eigenvalue weighted by molar-refractivity contribution is 6.33. The minimum Gasteiger partial charge on any atom is -0.461 e. The number of aromatic nitrogens is 3. The van der Waals surface area contributed by atoms with Crippen molar-refractivity contribution in [2.45, 2.75) is 68.4 Å². The number of aliphatic hydroxyl groups excluding tert-OH is 1. The maximum absolute atomic E-state index is 16.8. The molecule has 1 N–H and O–H groups in total. The fourth-order valence-corrected chi connectivity index (χ4v) is 8.83. The number of rotatable bonds is 6. The molecule has 242 valence electrons. The van der Waals surface area contributed by atoms with Gasteiger partial charge in [0.05, 0.1) is 34.3 Å². The number of carbonyl (C=O) groups is 1. The smallest absolute Gasteiger partial charge is 0.319 e. The van der Waals surface area contributed by atoms with Gasteiger partial charge in [0, 0.05) is 50.8 Å². The second-order valence-electron chi connectivity index (χ2n) is 13.3. The van der Waals surface area contributed by atoms with Gasteiger partial charge >= 0.3 is 6.01 Å². The third kappa shape index (κ3) is 4.79. The summed E-state index contributed by atoms with van der Waals surface area (Å²) in [4.78, 5) is 34.4. The Hall–Kier alpha value is -3.61. The summed E-state index contributed by atoms with van der Waals surface area (Å²) >= 11 is 6.60. The van der Waals surface area contributed by atoms with Gasteiger partial charge in [-0.3, -0.25) is 9.69 Å². The Bertz CT molecular complexity index is 1720. The Morgan fingerprint density at radius 2 is 1.98 bits per heavy atom. The average molecular weight is 652 g/mol. The van der Waals surface area contributed by atoms with Gasteiger partial charge in [-0.2, -0.15) is 9.97 Å².